The van der Waals surface area contributed by atoms with E-state index < -0.39 is 17.9 Å². The number of aliphatic imine (C=N–C) groups is 1. The van der Waals surface area contributed by atoms with E-state index in [0.717, 1.165) is 17.0 Å². The number of benzene rings is 1. The number of hydrogen-bond acceptors (Lipinski definition) is 6. The molecule has 1 aromatic heterocycles. The maximum absolute atomic E-state index is 12.0. The van der Waals surface area contributed by atoms with Gasteiger partial charge in [0.25, 0.3) is 5.95 Å². The zero-order chi connectivity index (χ0) is 18.8. The van der Waals surface area contributed by atoms with Crippen molar-refractivity contribution in [2.75, 3.05) is 4.90 Å². The summed E-state index contributed by atoms with van der Waals surface area (Å²) < 4.78 is 0. The number of nitrogens with zero attached hydrogens (tertiary/aromatic N) is 4. The van der Waals surface area contributed by atoms with Gasteiger partial charge in [-0.2, -0.15) is 4.99 Å². The molecule has 1 amide bonds. The van der Waals surface area contributed by atoms with Gasteiger partial charge >= 0.3 is 0 Å². The molecule has 0 saturated carbocycles. The van der Waals surface area contributed by atoms with Crippen molar-refractivity contribution in [1.29, 1.82) is 0 Å². The van der Waals surface area contributed by atoms with Crippen LogP contribution >= 0.6 is 0 Å². The summed E-state index contributed by atoms with van der Waals surface area (Å²) in [6, 6.07) is 7.88. The van der Waals surface area contributed by atoms with E-state index >= 15 is 0 Å². The minimum atomic E-state index is -1.35. The number of anilines is 1. The molecule has 1 N–H and O–H groups in total. The Bertz CT molecular complexity index is 889. The molecule has 0 aliphatic carbocycles. The molecule has 1 aromatic carbocycles. The van der Waals surface area contributed by atoms with E-state index in [1.165, 1.54) is 4.90 Å². The molecule has 26 heavy (non-hydrogen) atoms. The van der Waals surface area contributed by atoms with Crippen LogP contribution in [0, 0.1) is 20.8 Å². The highest BCUT2D eigenvalue weighted by atomic mass is 16.4. The molecule has 1 aliphatic rings. The summed E-state index contributed by atoms with van der Waals surface area (Å²) in [5, 5.41) is 14.3. The standard InChI is InChI=1S/C18H19N5O3/c1-10-5-4-6-13(7-10)23-14(16(25)26)9-15(24)21-18(23)22-17-19-11(2)8-12(3)20-17/h4-8,14H,9H2,1-3H3,(H,25,26)(H,19,20,21,22,24)/p-1/t14-/m1/s1. The van der Waals surface area contributed by atoms with Crippen LogP contribution in [0.5, 0.6) is 0 Å². The molecule has 1 aliphatic heterocycles. The number of rotatable bonds is 3. The van der Waals surface area contributed by atoms with Crippen LogP contribution in [0.4, 0.5) is 11.6 Å². The number of carbonyl (C=O) groups excluding carboxylic acids is 2. The van der Waals surface area contributed by atoms with Gasteiger partial charge in [-0.25, -0.2) is 9.97 Å². The summed E-state index contributed by atoms with van der Waals surface area (Å²) in [6.45, 7) is 5.50. The Balaban J connectivity index is 2.13. The molecule has 3 rings (SSSR count). The van der Waals surface area contributed by atoms with Gasteiger partial charge in [0.05, 0.1) is 18.4 Å². The Kier molecular flexibility index (Phi) is 4.66. The van der Waals surface area contributed by atoms with Crippen LogP contribution in [0.3, 0.4) is 0 Å². The summed E-state index contributed by atoms with van der Waals surface area (Å²) in [4.78, 5) is 37.9. The highest BCUT2D eigenvalue weighted by Crippen LogP contribution is 2.24. The third kappa shape index (κ3) is 3.69. The fraction of sp³-hybridized carbons (Fsp3) is 0.278. The van der Waals surface area contributed by atoms with Gasteiger partial charge in [0, 0.05) is 17.1 Å². The number of hydrogen-bond donors (Lipinski definition) is 1. The third-order valence-electron chi connectivity index (χ3n) is 3.90. The van der Waals surface area contributed by atoms with E-state index in [-0.39, 0.29) is 18.3 Å². The first-order chi connectivity index (χ1) is 12.3. The first-order valence-corrected chi connectivity index (χ1v) is 8.11. The van der Waals surface area contributed by atoms with E-state index in [4.69, 9.17) is 0 Å². The fourth-order valence-corrected chi connectivity index (χ4v) is 2.85. The molecule has 8 nitrogen and oxygen atoms in total. The number of carbonyl (C=O) groups is 2. The summed E-state index contributed by atoms with van der Waals surface area (Å²) >= 11 is 0. The van der Waals surface area contributed by atoms with Gasteiger partial charge in [-0.1, -0.05) is 12.1 Å². The summed E-state index contributed by atoms with van der Waals surface area (Å²) in [7, 11) is 0. The molecule has 2 aromatic rings. The lowest BCUT2D eigenvalue weighted by Crippen LogP contribution is -2.61. The van der Waals surface area contributed by atoms with E-state index in [2.05, 4.69) is 20.3 Å². The number of aromatic nitrogens is 2. The SMILES string of the molecule is Cc1cccc(N2/C(=N/c3nc(C)cc(C)n3)NC(=O)C[C@@H]2C(=O)[O-])c1. The highest BCUT2D eigenvalue weighted by Gasteiger charge is 2.33. The van der Waals surface area contributed by atoms with Gasteiger partial charge in [0.15, 0.2) is 0 Å². The topological polar surface area (TPSA) is 111 Å². The van der Waals surface area contributed by atoms with E-state index in [0.29, 0.717) is 5.69 Å². The summed E-state index contributed by atoms with van der Waals surface area (Å²) in [5.41, 5.74) is 2.97. The number of aliphatic carboxylic acids is 1. The third-order valence-corrected chi connectivity index (χ3v) is 3.90. The van der Waals surface area contributed by atoms with Crippen molar-refractivity contribution in [3.63, 3.8) is 0 Å². The second kappa shape index (κ2) is 6.91. The minimum absolute atomic E-state index is 0.0612. The average molecular weight is 352 g/mol. The molecule has 134 valence electrons. The molecule has 1 saturated heterocycles. The number of guanidine groups is 1. The van der Waals surface area contributed by atoms with E-state index in [1.54, 1.807) is 32.0 Å². The zero-order valence-electron chi connectivity index (χ0n) is 14.7. The van der Waals surface area contributed by atoms with E-state index in [9.17, 15) is 14.7 Å². The van der Waals surface area contributed by atoms with Crippen LogP contribution in [0.15, 0.2) is 35.3 Å². The second-order valence-corrected chi connectivity index (χ2v) is 6.18. The Hall–Kier alpha value is -3.29. The van der Waals surface area contributed by atoms with Crippen LogP contribution in [-0.4, -0.2) is 33.8 Å². The Labute approximate surface area is 150 Å². The van der Waals surface area contributed by atoms with Crippen LogP contribution in [0.1, 0.15) is 23.4 Å². The molecule has 0 unspecified atom stereocenters. The van der Waals surface area contributed by atoms with Crippen molar-refractivity contribution in [3.8, 4) is 0 Å². The van der Waals surface area contributed by atoms with Crippen LogP contribution in [-0.2, 0) is 9.59 Å². The molecular formula is C18H18N5O3-. The Morgan fingerprint density at radius 1 is 1.23 bits per heavy atom. The van der Waals surface area contributed by atoms with Gasteiger partial charge < -0.3 is 14.8 Å². The van der Waals surface area contributed by atoms with Gasteiger partial charge in [0.2, 0.25) is 11.9 Å². The predicted molar refractivity (Wildman–Crippen MR) is 93.8 cm³/mol. The molecule has 1 fully saturated rings. The average Bonchev–Trinajstić information content (AvgIpc) is 2.53. The van der Waals surface area contributed by atoms with E-state index in [1.807, 2.05) is 19.1 Å². The minimum Gasteiger partial charge on any atom is -0.548 e. The lowest BCUT2D eigenvalue weighted by Gasteiger charge is -2.38. The molecule has 0 spiro atoms. The van der Waals surface area contributed by atoms with Gasteiger partial charge in [0.1, 0.15) is 0 Å². The normalized spacial score (nSPS) is 18.7. The lowest BCUT2D eigenvalue weighted by atomic mass is 10.1. The second-order valence-electron chi connectivity index (χ2n) is 6.18. The molecule has 2 heterocycles. The quantitative estimate of drug-likeness (QED) is 0.863. The Morgan fingerprint density at radius 3 is 2.54 bits per heavy atom. The van der Waals surface area contributed by atoms with Gasteiger partial charge in [-0.05, 0) is 44.5 Å². The molecule has 0 bridgehead atoms. The number of carboxylic acids is 1. The number of amides is 1. The van der Waals surface area contributed by atoms with Crippen molar-refractivity contribution < 1.29 is 14.7 Å². The maximum Gasteiger partial charge on any atom is 0.253 e. The van der Waals surface area contributed by atoms with Crippen LogP contribution in [0.2, 0.25) is 0 Å². The van der Waals surface area contributed by atoms with Crippen LogP contribution in [0.25, 0.3) is 0 Å². The lowest BCUT2D eigenvalue weighted by molar-refractivity contribution is -0.307. The Morgan fingerprint density at radius 2 is 1.92 bits per heavy atom. The highest BCUT2D eigenvalue weighted by molar-refractivity contribution is 6.13. The predicted octanol–water partition coefficient (Wildman–Crippen LogP) is 0.534. The van der Waals surface area contributed by atoms with Crippen LogP contribution < -0.4 is 15.3 Å². The zero-order valence-corrected chi connectivity index (χ0v) is 14.7. The summed E-state index contributed by atoms with van der Waals surface area (Å²) in [6.07, 6.45) is -0.233. The fourth-order valence-electron chi connectivity index (χ4n) is 2.85. The maximum atomic E-state index is 12.0. The first kappa shape index (κ1) is 17.5. The largest absolute Gasteiger partial charge is 0.548 e. The van der Waals surface area contributed by atoms with Crippen molar-refractivity contribution in [2.24, 2.45) is 4.99 Å². The smallest absolute Gasteiger partial charge is 0.253 e. The molecule has 8 heteroatoms. The monoisotopic (exact) mass is 352 g/mol. The van der Waals surface area contributed by atoms with Gasteiger partial charge in [-0.15, -0.1) is 0 Å². The molecule has 0 radical (unpaired) electrons. The number of nitrogens with one attached hydrogen (secondary N) is 1. The number of carboxylic acid groups (broad SMARTS) is 1. The number of aryl methyl sites for hydroxylation is 3. The first-order valence-electron chi connectivity index (χ1n) is 8.11. The van der Waals surface area contributed by atoms with Crippen molar-refractivity contribution in [2.45, 2.75) is 33.2 Å². The van der Waals surface area contributed by atoms with Crippen molar-refractivity contribution >= 4 is 29.5 Å². The molecule has 1 atom stereocenters. The van der Waals surface area contributed by atoms with Crippen molar-refractivity contribution in [3.05, 3.63) is 47.3 Å². The van der Waals surface area contributed by atoms with Gasteiger partial charge in [-0.3, -0.25) is 10.1 Å². The summed E-state index contributed by atoms with van der Waals surface area (Å²) in [5.74, 6) is -1.60. The van der Waals surface area contributed by atoms with Crippen molar-refractivity contribution in [1.82, 2.24) is 15.3 Å². The molecular weight excluding hydrogens is 334 g/mol.